The van der Waals surface area contributed by atoms with Gasteiger partial charge in [-0.2, -0.15) is 4.31 Å². The van der Waals surface area contributed by atoms with Crippen LogP contribution in [0.1, 0.15) is 6.92 Å². The van der Waals surface area contributed by atoms with Crippen molar-refractivity contribution in [3.05, 3.63) is 30.1 Å². The third-order valence-corrected chi connectivity index (χ3v) is 6.00. The smallest absolute Gasteiger partial charge is 0.413 e. The molecule has 0 aromatic heterocycles. The standard InChI is InChI=1S/C15H20FN3O5S/c1-11(14(20)17-15(21)24-2)18-7-9-19(10-8-18)25(22,23)13-6-4-3-5-12(13)16/h3-6,11H,7-10H2,1-2H3,(H,17,20,21)/t11-/m1/s1. The summed E-state index contributed by atoms with van der Waals surface area (Å²) >= 11 is 0. The molecule has 138 valence electrons. The predicted octanol–water partition coefficient (Wildman–Crippen LogP) is 0.403. The first kappa shape index (κ1) is 19.3. The molecule has 1 saturated heterocycles. The minimum atomic E-state index is -3.93. The van der Waals surface area contributed by atoms with E-state index in [1.165, 1.54) is 22.5 Å². The van der Waals surface area contributed by atoms with Gasteiger partial charge in [0.25, 0.3) is 0 Å². The first-order chi connectivity index (χ1) is 11.8. The summed E-state index contributed by atoms with van der Waals surface area (Å²) in [6.07, 6.45) is -0.849. The highest BCUT2D eigenvalue weighted by atomic mass is 32.2. The van der Waals surface area contributed by atoms with E-state index in [-0.39, 0.29) is 31.1 Å². The van der Waals surface area contributed by atoms with Crippen LogP contribution in [0.5, 0.6) is 0 Å². The van der Waals surface area contributed by atoms with Crippen molar-refractivity contribution in [1.82, 2.24) is 14.5 Å². The topological polar surface area (TPSA) is 96.0 Å². The molecule has 1 atom stereocenters. The zero-order valence-electron chi connectivity index (χ0n) is 13.9. The molecule has 0 radical (unpaired) electrons. The van der Waals surface area contributed by atoms with Crippen LogP contribution in [-0.2, 0) is 19.6 Å². The lowest BCUT2D eigenvalue weighted by Gasteiger charge is -2.36. The Morgan fingerprint density at radius 2 is 1.80 bits per heavy atom. The van der Waals surface area contributed by atoms with E-state index in [1.807, 2.05) is 0 Å². The summed E-state index contributed by atoms with van der Waals surface area (Å²) in [5, 5.41) is 2.08. The molecule has 2 amide bonds. The van der Waals surface area contributed by atoms with Gasteiger partial charge in [0.2, 0.25) is 15.9 Å². The molecule has 1 N–H and O–H groups in total. The van der Waals surface area contributed by atoms with Crippen molar-refractivity contribution in [2.75, 3.05) is 33.3 Å². The number of hydrogen-bond donors (Lipinski definition) is 1. The maximum atomic E-state index is 13.8. The summed E-state index contributed by atoms with van der Waals surface area (Å²) in [4.78, 5) is 24.4. The number of carbonyl (C=O) groups excluding carboxylic acids is 2. The van der Waals surface area contributed by atoms with E-state index in [9.17, 15) is 22.4 Å². The van der Waals surface area contributed by atoms with Crippen LogP contribution in [0, 0.1) is 5.82 Å². The van der Waals surface area contributed by atoms with Crippen LogP contribution >= 0.6 is 0 Å². The van der Waals surface area contributed by atoms with Gasteiger partial charge in [-0.1, -0.05) is 12.1 Å². The van der Waals surface area contributed by atoms with Crippen LogP contribution in [0.2, 0.25) is 0 Å². The van der Waals surface area contributed by atoms with Crippen molar-refractivity contribution < 1.29 is 27.1 Å². The molecule has 1 heterocycles. The largest absolute Gasteiger partial charge is 0.453 e. The average Bonchev–Trinajstić information content (AvgIpc) is 2.61. The van der Waals surface area contributed by atoms with E-state index < -0.39 is 33.9 Å². The summed E-state index contributed by atoms with van der Waals surface area (Å²) in [5.41, 5.74) is 0. The number of amides is 2. The fourth-order valence-electron chi connectivity index (χ4n) is 2.55. The zero-order valence-corrected chi connectivity index (χ0v) is 14.8. The number of alkyl carbamates (subject to hydrolysis) is 1. The van der Waals surface area contributed by atoms with E-state index in [2.05, 4.69) is 10.1 Å². The first-order valence-electron chi connectivity index (χ1n) is 7.65. The molecule has 10 heteroatoms. The lowest BCUT2D eigenvalue weighted by atomic mass is 10.2. The normalized spacial score (nSPS) is 17.7. The number of rotatable bonds is 4. The third kappa shape index (κ3) is 4.33. The lowest BCUT2D eigenvalue weighted by Crippen LogP contribution is -2.55. The quantitative estimate of drug-likeness (QED) is 0.821. The van der Waals surface area contributed by atoms with Gasteiger partial charge in [0.15, 0.2) is 0 Å². The van der Waals surface area contributed by atoms with E-state index in [4.69, 9.17) is 0 Å². The molecule has 1 fully saturated rings. The Morgan fingerprint density at radius 3 is 2.36 bits per heavy atom. The van der Waals surface area contributed by atoms with E-state index >= 15 is 0 Å². The fraction of sp³-hybridized carbons (Fsp3) is 0.467. The maximum Gasteiger partial charge on any atom is 0.413 e. The summed E-state index contributed by atoms with van der Waals surface area (Å²) in [5.74, 6) is -1.33. The van der Waals surface area contributed by atoms with Gasteiger partial charge in [0, 0.05) is 26.2 Å². The van der Waals surface area contributed by atoms with Crippen LogP contribution in [-0.4, -0.2) is 69.0 Å². The Balaban J connectivity index is 2.01. The third-order valence-electron chi connectivity index (χ3n) is 4.07. The molecular weight excluding hydrogens is 353 g/mol. The van der Waals surface area contributed by atoms with E-state index in [0.717, 1.165) is 13.2 Å². The van der Waals surface area contributed by atoms with Gasteiger partial charge in [-0.25, -0.2) is 17.6 Å². The number of sulfonamides is 1. The van der Waals surface area contributed by atoms with Crippen LogP contribution in [0.15, 0.2) is 29.2 Å². The highest BCUT2D eigenvalue weighted by molar-refractivity contribution is 7.89. The van der Waals surface area contributed by atoms with Crippen LogP contribution in [0.25, 0.3) is 0 Å². The predicted molar refractivity (Wildman–Crippen MR) is 86.7 cm³/mol. The number of halogens is 1. The zero-order chi connectivity index (χ0) is 18.6. The number of carbonyl (C=O) groups is 2. The number of nitrogens with zero attached hydrogens (tertiary/aromatic N) is 2. The van der Waals surface area contributed by atoms with Gasteiger partial charge < -0.3 is 4.74 Å². The SMILES string of the molecule is COC(=O)NC(=O)[C@@H](C)N1CCN(S(=O)(=O)c2ccccc2F)CC1. The Kier molecular flexibility index (Phi) is 6.09. The van der Waals surface area contributed by atoms with Crippen molar-refractivity contribution in [1.29, 1.82) is 0 Å². The minimum Gasteiger partial charge on any atom is -0.453 e. The average molecular weight is 373 g/mol. The van der Waals surface area contributed by atoms with Gasteiger partial charge in [0.1, 0.15) is 10.7 Å². The lowest BCUT2D eigenvalue weighted by molar-refractivity contribution is -0.125. The highest BCUT2D eigenvalue weighted by Gasteiger charge is 2.33. The first-order valence-corrected chi connectivity index (χ1v) is 9.09. The van der Waals surface area contributed by atoms with Gasteiger partial charge in [-0.15, -0.1) is 0 Å². The Labute approximate surface area is 145 Å². The Hall–Kier alpha value is -2.04. The number of hydrogen-bond acceptors (Lipinski definition) is 6. The van der Waals surface area contributed by atoms with E-state index in [1.54, 1.807) is 11.8 Å². The van der Waals surface area contributed by atoms with Gasteiger partial charge in [-0.3, -0.25) is 15.0 Å². The molecule has 0 spiro atoms. The molecule has 0 aliphatic carbocycles. The van der Waals surface area contributed by atoms with E-state index in [0.29, 0.717) is 0 Å². The van der Waals surface area contributed by atoms with Gasteiger partial charge in [-0.05, 0) is 19.1 Å². The highest BCUT2D eigenvalue weighted by Crippen LogP contribution is 2.20. The van der Waals surface area contributed by atoms with Gasteiger partial charge in [0.05, 0.1) is 13.2 Å². The van der Waals surface area contributed by atoms with Crippen molar-refractivity contribution in [3.63, 3.8) is 0 Å². The van der Waals surface area contributed by atoms with Crippen LogP contribution in [0.3, 0.4) is 0 Å². The second kappa shape index (κ2) is 7.89. The number of piperazine rings is 1. The minimum absolute atomic E-state index is 0.118. The van der Waals surface area contributed by atoms with Crippen LogP contribution in [0.4, 0.5) is 9.18 Å². The van der Waals surface area contributed by atoms with Crippen molar-refractivity contribution >= 4 is 22.0 Å². The molecule has 2 rings (SSSR count). The fourth-order valence-corrected chi connectivity index (χ4v) is 4.03. The maximum absolute atomic E-state index is 13.8. The summed E-state index contributed by atoms with van der Waals surface area (Å²) in [6, 6.07) is 4.59. The number of imide groups is 1. The molecule has 1 aliphatic heterocycles. The number of methoxy groups -OCH3 is 1. The monoisotopic (exact) mass is 373 g/mol. The number of ether oxygens (including phenoxy) is 1. The van der Waals surface area contributed by atoms with Gasteiger partial charge >= 0.3 is 6.09 Å². The Bertz CT molecular complexity index is 747. The second-order valence-corrected chi connectivity index (χ2v) is 7.43. The molecule has 0 bridgehead atoms. The second-order valence-electron chi connectivity index (χ2n) is 5.53. The Morgan fingerprint density at radius 1 is 1.20 bits per heavy atom. The summed E-state index contributed by atoms with van der Waals surface area (Å²) in [7, 11) is -2.78. The van der Waals surface area contributed by atoms with Crippen LogP contribution < -0.4 is 5.32 Å². The molecule has 8 nitrogen and oxygen atoms in total. The molecule has 1 aliphatic rings. The van der Waals surface area contributed by atoms with Crippen molar-refractivity contribution in [2.24, 2.45) is 0 Å². The molecule has 1 aromatic rings. The summed E-state index contributed by atoms with van der Waals surface area (Å²) < 4.78 is 44.4. The molecule has 0 unspecified atom stereocenters. The molecule has 0 saturated carbocycles. The summed E-state index contributed by atoms with van der Waals surface area (Å²) in [6.45, 7) is 2.41. The molecule has 25 heavy (non-hydrogen) atoms. The number of benzene rings is 1. The molecule has 1 aromatic carbocycles. The van der Waals surface area contributed by atoms with Crippen molar-refractivity contribution in [2.45, 2.75) is 17.9 Å². The molecular formula is C15H20FN3O5S. The number of nitrogens with one attached hydrogen (secondary N) is 1. The van der Waals surface area contributed by atoms with Crippen molar-refractivity contribution in [3.8, 4) is 0 Å².